The van der Waals surface area contributed by atoms with Crippen molar-refractivity contribution in [2.45, 2.75) is 132 Å². The first-order chi connectivity index (χ1) is 32.3. The number of carbonyl (C=O) groups excluding carboxylic acids is 1. The molecular formula is C50H63N2O14S4+. The van der Waals surface area contributed by atoms with Crippen LogP contribution in [0.3, 0.4) is 0 Å². The molecule has 70 heavy (non-hydrogen) atoms. The Balaban J connectivity index is 1.46. The van der Waals surface area contributed by atoms with Crippen LogP contribution in [0.15, 0.2) is 122 Å². The van der Waals surface area contributed by atoms with Gasteiger partial charge in [-0.05, 0) is 142 Å². The Kier molecular flexibility index (Phi) is 15.9. The first-order valence-electron chi connectivity index (χ1n) is 23.0. The van der Waals surface area contributed by atoms with E-state index in [0.29, 0.717) is 74.2 Å². The van der Waals surface area contributed by atoms with Crippen molar-refractivity contribution in [3.8, 4) is 5.75 Å². The van der Waals surface area contributed by atoms with Crippen LogP contribution < -0.4 is 9.64 Å². The van der Waals surface area contributed by atoms with Gasteiger partial charge in [-0.3, -0.25) is 23.0 Å². The zero-order chi connectivity index (χ0) is 51.8. The minimum atomic E-state index is -4.56. The summed E-state index contributed by atoms with van der Waals surface area (Å²) in [6.45, 7) is 14.3. The fraction of sp³-hybridized carbons (Fsp3) is 0.440. The number of anilines is 1. The molecule has 0 radical (unpaired) electrons. The van der Waals surface area contributed by atoms with Gasteiger partial charge in [0.2, 0.25) is 5.69 Å². The van der Waals surface area contributed by atoms with E-state index in [1.54, 1.807) is 12.1 Å². The summed E-state index contributed by atoms with van der Waals surface area (Å²) in [5.41, 5.74) is 3.74. The zero-order valence-electron chi connectivity index (χ0n) is 40.5. The molecule has 3 aromatic carbocycles. The molecule has 20 heteroatoms. The van der Waals surface area contributed by atoms with Crippen LogP contribution in [0, 0.1) is 5.41 Å². The molecule has 0 fully saturated rings. The van der Waals surface area contributed by atoms with Crippen LogP contribution in [0.2, 0.25) is 0 Å². The summed E-state index contributed by atoms with van der Waals surface area (Å²) < 4.78 is 144. The summed E-state index contributed by atoms with van der Waals surface area (Å²) in [7, 11) is -17.8. The number of ketones is 1. The highest BCUT2D eigenvalue weighted by Crippen LogP contribution is 2.49. The largest absolute Gasteiger partial charge is 0.457 e. The second-order valence-electron chi connectivity index (χ2n) is 20.1. The molecule has 0 amide bonds. The number of unbranched alkanes of at least 4 members (excludes halogenated alkanes) is 3. The molecule has 0 aromatic heterocycles. The number of rotatable bonds is 19. The topological polar surface area (TPSA) is 250 Å². The second-order valence-corrected chi connectivity index (χ2v) is 25.9. The van der Waals surface area contributed by atoms with Gasteiger partial charge >= 0.3 is 0 Å². The van der Waals surface area contributed by atoms with Crippen LogP contribution in [0.1, 0.15) is 117 Å². The van der Waals surface area contributed by atoms with Crippen LogP contribution in [0.5, 0.6) is 5.75 Å². The fourth-order valence-corrected chi connectivity index (χ4v) is 11.3. The molecule has 6 rings (SSSR count). The van der Waals surface area contributed by atoms with Crippen LogP contribution >= 0.6 is 0 Å². The van der Waals surface area contributed by atoms with E-state index >= 15 is 0 Å². The number of ether oxygens (including phenoxy) is 1. The fourth-order valence-electron chi connectivity index (χ4n) is 9.28. The number of hydrogen-bond donors (Lipinski definition) is 4. The van der Waals surface area contributed by atoms with E-state index in [0.717, 1.165) is 41.1 Å². The van der Waals surface area contributed by atoms with Crippen molar-refractivity contribution in [1.82, 2.24) is 0 Å². The van der Waals surface area contributed by atoms with Crippen LogP contribution in [-0.2, 0) is 56.1 Å². The summed E-state index contributed by atoms with van der Waals surface area (Å²) in [6.07, 6.45) is 12.6. The second kappa shape index (κ2) is 20.4. The number of allylic oxidation sites excluding steroid dienone is 7. The first kappa shape index (κ1) is 54.5. The van der Waals surface area contributed by atoms with Gasteiger partial charge in [0.15, 0.2) is 5.71 Å². The van der Waals surface area contributed by atoms with Crippen molar-refractivity contribution in [1.29, 1.82) is 0 Å². The Hall–Kier alpha value is -4.80. The minimum Gasteiger partial charge on any atom is -0.457 e. The van der Waals surface area contributed by atoms with E-state index < -0.39 is 62.5 Å². The standard InChI is InChI=1S/C50H62N2O14S4/c1-48(2,3)46(53)16-9-8-10-29-51-42-25-23-38(69(60,61)62)32-40(42)49(4,5)44(51)27-17-34-14-13-15-35(47(34)66-36-19-21-37(22-20-36)68(57,58)59)18-28-45-50(6,7)41-33-39(70(63,64)65)24-26-43(41)52(45)30-11-12-31-67(54,55)56/h17-28,32-33H,8-16,29-31H2,1-7H3,(H3-,54,55,56,57,58,59,60,61,62,63,64,65)/p+1. The lowest BCUT2D eigenvalue weighted by atomic mass is 9.81. The summed E-state index contributed by atoms with van der Waals surface area (Å²) in [4.78, 5) is 13.8. The summed E-state index contributed by atoms with van der Waals surface area (Å²) in [5, 5.41) is 0. The maximum atomic E-state index is 12.7. The molecule has 16 nitrogen and oxygen atoms in total. The van der Waals surface area contributed by atoms with Gasteiger partial charge in [-0.1, -0.05) is 40.7 Å². The average molecular weight is 1040 g/mol. The Morgan fingerprint density at radius 2 is 1.30 bits per heavy atom. The van der Waals surface area contributed by atoms with E-state index in [-0.39, 0.29) is 32.6 Å². The van der Waals surface area contributed by atoms with Crippen molar-refractivity contribution in [2.24, 2.45) is 5.41 Å². The normalized spacial score (nSPS) is 18.6. The van der Waals surface area contributed by atoms with Crippen molar-refractivity contribution in [3.63, 3.8) is 0 Å². The molecule has 1 aliphatic carbocycles. The lowest BCUT2D eigenvalue weighted by Crippen LogP contribution is -2.28. The Bertz CT molecular complexity index is 3170. The van der Waals surface area contributed by atoms with E-state index in [4.69, 9.17) is 4.74 Å². The summed E-state index contributed by atoms with van der Waals surface area (Å²) >= 11 is 0. The summed E-state index contributed by atoms with van der Waals surface area (Å²) in [6, 6.07) is 14.1. The minimum absolute atomic E-state index is 0.147. The lowest BCUT2D eigenvalue weighted by Gasteiger charge is -2.27. The van der Waals surface area contributed by atoms with Crippen LogP contribution in [0.25, 0.3) is 0 Å². The smallest absolute Gasteiger partial charge is 0.294 e. The molecule has 0 saturated heterocycles. The van der Waals surface area contributed by atoms with Gasteiger partial charge in [-0.2, -0.15) is 38.2 Å². The van der Waals surface area contributed by atoms with Gasteiger partial charge in [0.25, 0.3) is 40.5 Å². The molecule has 0 unspecified atom stereocenters. The SMILES string of the molecule is CC(C)(C)C(=O)CCCCC[N+]1=C(/C=C/C2=C(Oc3ccc(S(=O)(=O)O)cc3)C(=C/C=C3/N(CCCCS(=O)(=O)O)c4ccc(S(=O)(=O)O)cc4C3(C)C)/CCC2)C(C)(C)c2cc(S(=O)(=O)O)ccc21. The van der Waals surface area contributed by atoms with Crippen molar-refractivity contribution < 1.29 is 66.0 Å². The molecule has 4 N–H and O–H groups in total. The van der Waals surface area contributed by atoms with E-state index in [1.165, 1.54) is 48.5 Å². The predicted octanol–water partition coefficient (Wildman–Crippen LogP) is 9.33. The van der Waals surface area contributed by atoms with E-state index in [2.05, 4.69) is 4.58 Å². The van der Waals surface area contributed by atoms with Gasteiger partial charge in [0.1, 0.15) is 23.8 Å². The zero-order valence-corrected chi connectivity index (χ0v) is 43.7. The molecule has 0 atom stereocenters. The number of carbonyl (C=O) groups is 1. The summed E-state index contributed by atoms with van der Waals surface area (Å²) in [5.74, 6) is 0.466. The van der Waals surface area contributed by atoms with Gasteiger partial charge in [0.05, 0.1) is 25.9 Å². The molecule has 2 heterocycles. The molecule has 3 aliphatic rings. The third-order valence-corrected chi connectivity index (χ3v) is 16.6. The van der Waals surface area contributed by atoms with Crippen molar-refractivity contribution in [2.75, 3.05) is 23.7 Å². The molecule has 2 aliphatic heterocycles. The Morgan fingerprint density at radius 1 is 0.700 bits per heavy atom. The van der Waals surface area contributed by atoms with Crippen molar-refractivity contribution in [3.05, 3.63) is 119 Å². The number of Topliss-reactive ketones (excluding diaryl/α,β-unsaturated/α-hetero) is 1. The lowest BCUT2D eigenvalue weighted by molar-refractivity contribution is -0.438. The molecule has 0 saturated carbocycles. The van der Waals surface area contributed by atoms with E-state index in [9.17, 15) is 56.7 Å². The third kappa shape index (κ3) is 12.6. The molecule has 380 valence electrons. The van der Waals surface area contributed by atoms with Gasteiger partial charge in [0, 0.05) is 59.3 Å². The molecule has 0 spiro atoms. The quantitative estimate of drug-likeness (QED) is 0.0496. The molecular weight excluding hydrogens is 981 g/mol. The number of nitrogens with zero attached hydrogens (tertiary/aromatic N) is 2. The molecule has 3 aromatic rings. The van der Waals surface area contributed by atoms with E-state index in [1.807, 2.05) is 77.7 Å². The maximum Gasteiger partial charge on any atom is 0.294 e. The molecule has 0 bridgehead atoms. The average Bonchev–Trinajstić information content (AvgIpc) is 3.59. The monoisotopic (exact) mass is 1040 g/mol. The highest BCUT2D eigenvalue weighted by molar-refractivity contribution is 7.86. The van der Waals surface area contributed by atoms with Gasteiger partial charge < -0.3 is 9.64 Å². The Morgan fingerprint density at radius 3 is 1.90 bits per heavy atom. The van der Waals surface area contributed by atoms with Crippen LogP contribution in [-0.4, -0.2) is 86.8 Å². The highest BCUT2D eigenvalue weighted by atomic mass is 32.2. The van der Waals surface area contributed by atoms with Gasteiger partial charge in [-0.15, -0.1) is 0 Å². The predicted molar refractivity (Wildman–Crippen MR) is 267 cm³/mol. The number of fused-ring (bicyclic) bond motifs is 2. The van der Waals surface area contributed by atoms with Gasteiger partial charge in [-0.25, -0.2) is 0 Å². The van der Waals surface area contributed by atoms with Crippen molar-refractivity contribution >= 4 is 63.3 Å². The Labute approximate surface area is 412 Å². The third-order valence-electron chi connectivity index (χ3n) is 13.2. The maximum absolute atomic E-state index is 12.7. The van der Waals surface area contributed by atoms with Crippen LogP contribution in [0.4, 0.5) is 11.4 Å². The number of hydrogen-bond acceptors (Lipinski definition) is 11. The number of benzene rings is 3. The highest BCUT2D eigenvalue weighted by Gasteiger charge is 2.45. The first-order valence-corrected chi connectivity index (χ1v) is 29.0.